The van der Waals surface area contributed by atoms with Crippen molar-refractivity contribution in [2.24, 2.45) is 0 Å². The van der Waals surface area contributed by atoms with Crippen molar-refractivity contribution in [3.63, 3.8) is 0 Å². The lowest BCUT2D eigenvalue weighted by Crippen LogP contribution is -2.05. The van der Waals surface area contributed by atoms with Crippen molar-refractivity contribution in [3.8, 4) is 0 Å². The van der Waals surface area contributed by atoms with Gasteiger partial charge in [0.1, 0.15) is 0 Å². The molecule has 0 aliphatic heterocycles. The van der Waals surface area contributed by atoms with E-state index in [1.807, 2.05) is 72.8 Å². The van der Waals surface area contributed by atoms with E-state index in [9.17, 15) is 4.79 Å². The maximum Gasteiger partial charge on any atom is 0.333 e. The monoisotopic (exact) mass is 376 g/mol. The molecule has 0 amide bonds. The van der Waals surface area contributed by atoms with Gasteiger partial charge in [-0.15, -0.1) is 0 Å². The smallest absolute Gasteiger partial charge is 0.333 e. The second kappa shape index (κ2) is 16.1. The quantitative estimate of drug-likeness (QED) is 0.290. The van der Waals surface area contributed by atoms with Crippen LogP contribution < -0.4 is 0 Å². The molecule has 0 spiro atoms. The van der Waals surface area contributed by atoms with E-state index in [4.69, 9.17) is 4.74 Å². The summed E-state index contributed by atoms with van der Waals surface area (Å²) in [5, 5.41) is 0. The summed E-state index contributed by atoms with van der Waals surface area (Å²) < 4.78 is 4.81. The largest absolute Gasteiger partial charge is 0.462 e. The highest BCUT2D eigenvalue weighted by Crippen LogP contribution is 2.10. The van der Waals surface area contributed by atoms with Crippen LogP contribution in [0.1, 0.15) is 43.4 Å². The molecule has 0 radical (unpaired) electrons. The summed E-state index contributed by atoms with van der Waals surface area (Å²) >= 11 is 0. The summed E-state index contributed by atoms with van der Waals surface area (Å²) in [7, 11) is 0. The predicted octanol–water partition coefficient (Wildman–Crippen LogP) is 7.21. The molecular formula is C26H32O2. The molecule has 0 fully saturated rings. The minimum atomic E-state index is -0.284. The van der Waals surface area contributed by atoms with E-state index in [0.29, 0.717) is 12.2 Å². The van der Waals surface area contributed by atoms with Crippen LogP contribution in [0.25, 0.3) is 18.2 Å². The fourth-order valence-corrected chi connectivity index (χ4v) is 1.90. The van der Waals surface area contributed by atoms with Crippen molar-refractivity contribution in [1.29, 1.82) is 0 Å². The average molecular weight is 377 g/mol. The third-order valence-electron chi connectivity index (χ3n) is 3.55. The summed E-state index contributed by atoms with van der Waals surface area (Å²) in [5.41, 5.74) is 3.92. The minimum absolute atomic E-state index is 0.284. The number of rotatable bonds is 7. The van der Waals surface area contributed by atoms with E-state index in [-0.39, 0.29) is 5.97 Å². The molecule has 0 aliphatic carbocycles. The third kappa shape index (κ3) is 11.5. The second-order valence-corrected chi connectivity index (χ2v) is 5.92. The second-order valence-electron chi connectivity index (χ2n) is 5.92. The van der Waals surface area contributed by atoms with Crippen LogP contribution in [0.5, 0.6) is 0 Å². The van der Waals surface area contributed by atoms with Crippen molar-refractivity contribution in [2.75, 3.05) is 6.61 Å². The zero-order valence-electron chi connectivity index (χ0n) is 17.2. The fraction of sp³-hybridized carbons (Fsp3) is 0.192. The van der Waals surface area contributed by atoms with Crippen LogP contribution in [-0.2, 0) is 9.53 Å². The zero-order valence-corrected chi connectivity index (χ0v) is 17.2. The van der Waals surface area contributed by atoms with E-state index in [1.54, 1.807) is 6.92 Å². The van der Waals surface area contributed by atoms with E-state index < -0.39 is 0 Å². The maximum atomic E-state index is 10.7. The van der Waals surface area contributed by atoms with Crippen molar-refractivity contribution in [2.45, 2.75) is 26.7 Å². The summed E-state index contributed by atoms with van der Waals surface area (Å²) in [4.78, 5) is 10.7. The van der Waals surface area contributed by atoms with Gasteiger partial charge in [-0.2, -0.15) is 0 Å². The van der Waals surface area contributed by atoms with Crippen molar-refractivity contribution in [1.82, 2.24) is 0 Å². The molecule has 2 rings (SSSR count). The number of carbonyl (C=O) groups excluding carboxylic acids is 1. The van der Waals surface area contributed by atoms with E-state index in [1.165, 1.54) is 5.56 Å². The Kier molecular flexibility index (Phi) is 14.3. The van der Waals surface area contributed by atoms with Gasteiger partial charge in [-0.25, -0.2) is 4.79 Å². The average Bonchev–Trinajstić information content (AvgIpc) is 2.75. The Balaban J connectivity index is 0.000000393. The maximum absolute atomic E-state index is 10.7. The van der Waals surface area contributed by atoms with Gasteiger partial charge in [0.2, 0.25) is 0 Å². The van der Waals surface area contributed by atoms with Crippen LogP contribution in [-0.4, -0.2) is 12.6 Å². The molecule has 0 N–H and O–H groups in total. The SMILES string of the molecule is C=C(C)C(=O)OCCCC.C=Cc1ccccc1.C=Cc1ccccc1C=C. The first-order valence-corrected chi connectivity index (χ1v) is 9.34. The molecule has 0 unspecified atom stereocenters. The Morgan fingerprint density at radius 1 is 0.893 bits per heavy atom. The molecule has 0 saturated carbocycles. The first-order valence-electron chi connectivity index (χ1n) is 9.34. The van der Waals surface area contributed by atoms with E-state index >= 15 is 0 Å². The van der Waals surface area contributed by atoms with Gasteiger partial charge in [-0.1, -0.05) is 112 Å². The molecule has 2 aromatic rings. The summed E-state index contributed by atoms with van der Waals surface area (Å²) in [6.45, 7) is 18.7. The fourth-order valence-electron chi connectivity index (χ4n) is 1.90. The number of carbonyl (C=O) groups is 1. The minimum Gasteiger partial charge on any atom is -0.462 e. The van der Waals surface area contributed by atoms with Crippen LogP contribution in [0.15, 0.2) is 86.5 Å². The number of ether oxygens (including phenoxy) is 1. The van der Waals surface area contributed by atoms with Gasteiger partial charge >= 0.3 is 5.97 Å². The molecule has 2 heteroatoms. The van der Waals surface area contributed by atoms with Crippen LogP contribution in [0.4, 0.5) is 0 Å². The van der Waals surface area contributed by atoms with Gasteiger partial charge in [-0.3, -0.25) is 0 Å². The Morgan fingerprint density at radius 2 is 1.39 bits per heavy atom. The number of esters is 1. The molecule has 0 aromatic heterocycles. The summed E-state index contributed by atoms with van der Waals surface area (Å²) in [6, 6.07) is 18.0. The van der Waals surface area contributed by atoms with Gasteiger partial charge in [0.15, 0.2) is 0 Å². The first kappa shape index (κ1) is 24.9. The van der Waals surface area contributed by atoms with E-state index in [0.717, 1.165) is 24.0 Å². The Morgan fingerprint density at radius 3 is 1.75 bits per heavy atom. The van der Waals surface area contributed by atoms with Gasteiger partial charge < -0.3 is 4.74 Å². The lowest BCUT2D eigenvalue weighted by Gasteiger charge is -2.01. The molecule has 28 heavy (non-hydrogen) atoms. The van der Waals surface area contributed by atoms with Crippen LogP contribution >= 0.6 is 0 Å². The standard InChI is InChI=1S/C10H10.C8H14O2.C8H8/c1-3-9-7-5-6-8-10(9)4-2;1-4-5-6-10-8(9)7(2)3;1-2-8-6-4-3-5-7-8/h3-8H,1-2H2;2,4-6H2,1,3H3;2-7H,1H2. The first-order chi connectivity index (χ1) is 13.5. The van der Waals surface area contributed by atoms with Crippen molar-refractivity contribution < 1.29 is 9.53 Å². The molecule has 0 saturated heterocycles. The van der Waals surface area contributed by atoms with Gasteiger partial charge in [0, 0.05) is 5.57 Å². The Labute approximate surface area is 170 Å². The summed E-state index contributed by atoms with van der Waals surface area (Å²) in [6.07, 6.45) is 7.47. The third-order valence-corrected chi connectivity index (χ3v) is 3.55. The number of benzene rings is 2. The molecule has 0 aliphatic rings. The number of hydrogen-bond acceptors (Lipinski definition) is 2. The lowest BCUT2D eigenvalue weighted by molar-refractivity contribution is -0.139. The van der Waals surface area contributed by atoms with Gasteiger partial charge in [0.05, 0.1) is 6.61 Å². The highest BCUT2D eigenvalue weighted by molar-refractivity contribution is 5.86. The van der Waals surface area contributed by atoms with Gasteiger partial charge in [0.25, 0.3) is 0 Å². The Bertz CT molecular complexity index is 715. The van der Waals surface area contributed by atoms with Gasteiger partial charge in [-0.05, 0) is 30.0 Å². The number of hydrogen-bond donors (Lipinski definition) is 0. The normalized spacial score (nSPS) is 8.79. The highest BCUT2D eigenvalue weighted by atomic mass is 16.5. The molecule has 0 bridgehead atoms. The predicted molar refractivity (Wildman–Crippen MR) is 124 cm³/mol. The molecular weight excluding hydrogens is 344 g/mol. The molecule has 2 nitrogen and oxygen atoms in total. The van der Waals surface area contributed by atoms with Crippen LogP contribution in [0.3, 0.4) is 0 Å². The molecule has 148 valence electrons. The lowest BCUT2D eigenvalue weighted by atomic mass is 10.1. The Hall–Kier alpha value is -3.13. The highest BCUT2D eigenvalue weighted by Gasteiger charge is 2.00. The number of unbranched alkanes of at least 4 members (excludes halogenated alkanes) is 1. The topological polar surface area (TPSA) is 26.3 Å². The zero-order chi connectivity index (χ0) is 21.2. The van der Waals surface area contributed by atoms with Crippen molar-refractivity contribution in [3.05, 3.63) is 103 Å². The summed E-state index contributed by atoms with van der Waals surface area (Å²) in [5.74, 6) is -0.284. The van der Waals surface area contributed by atoms with Crippen LogP contribution in [0.2, 0.25) is 0 Å². The molecule has 0 atom stereocenters. The van der Waals surface area contributed by atoms with Crippen LogP contribution in [0, 0.1) is 0 Å². The van der Waals surface area contributed by atoms with Crippen molar-refractivity contribution >= 4 is 24.2 Å². The molecule has 2 aromatic carbocycles. The molecule has 0 heterocycles. The van der Waals surface area contributed by atoms with E-state index in [2.05, 4.69) is 33.2 Å².